The monoisotopic (exact) mass is 467 g/mol. The number of carbonyl (C=O) groups excluding carboxylic acids is 1. The first-order valence-corrected chi connectivity index (χ1v) is 9.97. The van der Waals surface area contributed by atoms with Crippen LogP contribution >= 0.6 is 11.6 Å². The largest absolute Gasteiger partial charge is 0.495 e. The van der Waals surface area contributed by atoms with Crippen molar-refractivity contribution in [3.63, 3.8) is 0 Å². The summed E-state index contributed by atoms with van der Waals surface area (Å²) in [5.41, 5.74) is 7.70. The molecule has 1 aliphatic rings. The highest BCUT2D eigenvalue weighted by Gasteiger charge is 2.36. The normalized spacial score (nSPS) is 17.5. The molecule has 2 heterocycles. The van der Waals surface area contributed by atoms with E-state index in [9.17, 15) is 18.0 Å². The van der Waals surface area contributed by atoms with Crippen molar-refractivity contribution in [2.75, 3.05) is 20.7 Å². The van der Waals surface area contributed by atoms with Crippen molar-refractivity contribution in [1.82, 2.24) is 14.9 Å². The minimum Gasteiger partial charge on any atom is -0.495 e. The third-order valence-corrected chi connectivity index (χ3v) is 5.59. The van der Waals surface area contributed by atoms with E-state index in [1.807, 2.05) is 0 Å². The van der Waals surface area contributed by atoms with E-state index in [0.29, 0.717) is 17.0 Å². The lowest BCUT2D eigenvalue weighted by atomic mass is 9.93. The molecule has 1 unspecified atom stereocenters. The highest BCUT2D eigenvalue weighted by Crippen LogP contribution is 2.32. The van der Waals surface area contributed by atoms with E-state index in [1.165, 1.54) is 20.2 Å². The van der Waals surface area contributed by atoms with Crippen LogP contribution in [0.1, 0.15) is 35.2 Å². The number of nitrogens with zero attached hydrogens (tertiary/aromatic N) is 4. The highest BCUT2D eigenvalue weighted by atomic mass is 35.5. The number of aromatic nitrogens is 2. The molecule has 11 heteroatoms. The Bertz CT molecular complexity index is 1100. The summed E-state index contributed by atoms with van der Waals surface area (Å²) in [7, 11) is 2.90. The predicted molar refractivity (Wildman–Crippen MR) is 114 cm³/mol. The summed E-state index contributed by atoms with van der Waals surface area (Å²) >= 11 is 6.30. The topological polar surface area (TPSA) is 93.7 Å². The van der Waals surface area contributed by atoms with E-state index < -0.39 is 18.0 Å². The Morgan fingerprint density at radius 3 is 2.69 bits per heavy atom. The molecule has 1 aromatic carbocycles. The molecule has 0 aliphatic carbocycles. The van der Waals surface area contributed by atoms with Crippen LogP contribution in [0.15, 0.2) is 46.7 Å². The Morgan fingerprint density at radius 1 is 1.34 bits per heavy atom. The Morgan fingerprint density at radius 2 is 2.06 bits per heavy atom. The summed E-state index contributed by atoms with van der Waals surface area (Å²) in [6.45, 7) is 1.99. The second-order valence-corrected chi connectivity index (χ2v) is 7.39. The number of nitrogens with two attached hydrogens (primary N) is 1. The molecule has 2 N–H and O–H groups in total. The quantitative estimate of drug-likeness (QED) is 0.691. The van der Waals surface area contributed by atoms with Crippen LogP contribution in [0.5, 0.6) is 5.75 Å². The van der Waals surface area contributed by atoms with Gasteiger partial charge in [-0.3, -0.25) is 9.79 Å². The number of alkyl halides is 3. The number of benzene rings is 1. The lowest BCUT2D eigenvalue weighted by Gasteiger charge is -2.36. The van der Waals surface area contributed by atoms with Crippen LogP contribution in [0, 0.1) is 0 Å². The summed E-state index contributed by atoms with van der Waals surface area (Å²) in [6, 6.07) is 5.69. The van der Waals surface area contributed by atoms with Gasteiger partial charge in [0.1, 0.15) is 5.75 Å². The standard InChI is InChI=1S/C21H21ClF3N5O2/c1-11-17(26)13(18(27-2)14-7-9-28-20(29-14)21(23,24)25)8-10-30(11)19(31)12-5-4-6-15(32-3)16(12)22/h4-7,9,11H,8,10,26H2,1-3H3. The molecule has 1 atom stereocenters. The van der Waals surface area contributed by atoms with Gasteiger partial charge in [-0.1, -0.05) is 17.7 Å². The average Bonchev–Trinajstić information content (AvgIpc) is 2.76. The number of methoxy groups -OCH3 is 1. The van der Waals surface area contributed by atoms with E-state index >= 15 is 0 Å². The maximum absolute atomic E-state index is 13.1. The SMILES string of the molecule is CN=C(C1=C(N)C(C)N(C(=O)c2cccc(OC)c2Cl)CC1)c1ccnc(C(F)(F)F)n1. The van der Waals surface area contributed by atoms with Crippen LogP contribution in [0.4, 0.5) is 13.2 Å². The molecule has 1 aliphatic heterocycles. The van der Waals surface area contributed by atoms with Gasteiger partial charge in [-0.15, -0.1) is 0 Å². The van der Waals surface area contributed by atoms with Crippen LogP contribution < -0.4 is 10.5 Å². The molecule has 1 amide bonds. The zero-order chi connectivity index (χ0) is 23.6. The van der Waals surface area contributed by atoms with Crippen LogP contribution in [-0.2, 0) is 6.18 Å². The number of hydrogen-bond acceptors (Lipinski definition) is 6. The molecular weight excluding hydrogens is 447 g/mol. The fourth-order valence-electron chi connectivity index (χ4n) is 3.54. The molecule has 170 valence electrons. The van der Waals surface area contributed by atoms with Gasteiger partial charge in [0.05, 0.1) is 35.1 Å². The lowest BCUT2D eigenvalue weighted by Crippen LogP contribution is -2.46. The minimum absolute atomic E-state index is 0.00981. The van der Waals surface area contributed by atoms with Gasteiger partial charge in [-0.25, -0.2) is 9.97 Å². The summed E-state index contributed by atoms with van der Waals surface area (Å²) in [6.07, 6.45) is -3.38. The van der Waals surface area contributed by atoms with Gasteiger partial charge < -0.3 is 15.4 Å². The summed E-state index contributed by atoms with van der Waals surface area (Å²) in [4.78, 5) is 25.7. The molecule has 1 aromatic heterocycles. The van der Waals surface area contributed by atoms with Crippen LogP contribution in [0.25, 0.3) is 0 Å². The third kappa shape index (κ3) is 4.40. The molecule has 0 spiro atoms. The van der Waals surface area contributed by atoms with E-state index in [-0.39, 0.29) is 40.9 Å². The van der Waals surface area contributed by atoms with Crippen LogP contribution in [0.2, 0.25) is 5.02 Å². The fourth-order valence-corrected chi connectivity index (χ4v) is 3.83. The molecule has 0 saturated heterocycles. The number of hydrogen-bond donors (Lipinski definition) is 1. The zero-order valence-corrected chi connectivity index (χ0v) is 18.3. The average molecular weight is 468 g/mol. The van der Waals surface area contributed by atoms with Crippen molar-refractivity contribution in [3.8, 4) is 5.75 Å². The van der Waals surface area contributed by atoms with Crippen molar-refractivity contribution in [3.05, 3.63) is 63.8 Å². The Hall–Kier alpha value is -3.14. The number of carbonyl (C=O) groups is 1. The molecule has 0 radical (unpaired) electrons. The number of ether oxygens (including phenoxy) is 1. The van der Waals surface area contributed by atoms with E-state index in [0.717, 1.165) is 6.20 Å². The van der Waals surface area contributed by atoms with Gasteiger partial charge in [0.15, 0.2) is 0 Å². The molecule has 2 aromatic rings. The molecule has 0 fully saturated rings. The van der Waals surface area contributed by atoms with Gasteiger partial charge >= 0.3 is 6.18 Å². The van der Waals surface area contributed by atoms with Gasteiger partial charge in [0, 0.05) is 31.1 Å². The van der Waals surface area contributed by atoms with Crippen molar-refractivity contribution in [2.45, 2.75) is 25.6 Å². The number of halogens is 4. The first kappa shape index (κ1) is 23.5. The maximum Gasteiger partial charge on any atom is 0.451 e. The third-order valence-electron chi connectivity index (χ3n) is 5.20. The molecular formula is C21H21ClF3N5O2. The van der Waals surface area contributed by atoms with Gasteiger partial charge in [0.25, 0.3) is 5.91 Å². The molecule has 3 rings (SSSR count). The van der Waals surface area contributed by atoms with Crippen molar-refractivity contribution in [1.29, 1.82) is 0 Å². The lowest BCUT2D eigenvalue weighted by molar-refractivity contribution is -0.145. The second kappa shape index (κ2) is 9.15. The van der Waals surface area contributed by atoms with E-state index in [1.54, 1.807) is 30.0 Å². The van der Waals surface area contributed by atoms with Crippen molar-refractivity contribution < 1.29 is 22.7 Å². The summed E-state index contributed by atoms with van der Waals surface area (Å²) < 4.78 is 44.3. The van der Waals surface area contributed by atoms with Gasteiger partial charge in [0.2, 0.25) is 5.82 Å². The Kier molecular flexibility index (Phi) is 6.73. The smallest absolute Gasteiger partial charge is 0.451 e. The Labute approximate surface area is 187 Å². The maximum atomic E-state index is 13.1. The van der Waals surface area contributed by atoms with Gasteiger partial charge in [-0.2, -0.15) is 13.2 Å². The molecule has 7 nitrogen and oxygen atoms in total. The summed E-state index contributed by atoms with van der Waals surface area (Å²) in [5.74, 6) is -1.22. The van der Waals surface area contributed by atoms with Gasteiger partial charge in [-0.05, 0) is 31.5 Å². The number of rotatable bonds is 4. The van der Waals surface area contributed by atoms with Crippen molar-refractivity contribution >= 4 is 23.2 Å². The van der Waals surface area contributed by atoms with Crippen LogP contribution in [0.3, 0.4) is 0 Å². The highest BCUT2D eigenvalue weighted by molar-refractivity contribution is 6.35. The first-order chi connectivity index (χ1) is 15.1. The van der Waals surface area contributed by atoms with Crippen LogP contribution in [-0.4, -0.2) is 53.2 Å². The van der Waals surface area contributed by atoms with E-state index in [4.69, 9.17) is 22.1 Å². The predicted octanol–water partition coefficient (Wildman–Crippen LogP) is 3.72. The second-order valence-electron chi connectivity index (χ2n) is 7.02. The zero-order valence-electron chi connectivity index (χ0n) is 17.6. The number of aliphatic imine (C=N–C) groups is 1. The first-order valence-electron chi connectivity index (χ1n) is 9.59. The molecule has 0 bridgehead atoms. The minimum atomic E-state index is -4.69. The van der Waals surface area contributed by atoms with E-state index in [2.05, 4.69) is 15.0 Å². The summed E-state index contributed by atoms with van der Waals surface area (Å²) in [5, 5.41) is 0.192. The Balaban J connectivity index is 1.94. The molecule has 32 heavy (non-hydrogen) atoms. The number of amides is 1. The molecule has 0 saturated carbocycles. The van der Waals surface area contributed by atoms with Crippen molar-refractivity contribution in [2.24, 2.45) is 10.7 Å². The fraction of sp³-hybridized carbons (Fsp3) is 0.333.